The van der Waals surface area contributed by atoms with Crippen LogP contribution in [0.1, 0.15) is 11.5 Å². The Balaban J connectivity index is 1.49. The summed E-state index contributed by atoms with van der Waals surface area (Å²) in [5.41, 5.74) is 1.41. The lowest BCUT2D eigenvalue weighted by Crippen LogP contribution is -2.23. The summed E-state index contributed by atoms with van der Waals surface area (Å²) < 4.78 is 23.4. The van der Waals surface area contributed by atoms with Crippen molar-refractivity contribution >= 4 is 12.0 Å². The molecule has 5 nitrogen and oxygen atoms in total. The lowest BCUT2D eigenvalue weighted by molar-refractivity contribution is -0.116. The molecular weight excluding hydrogens is 311 g/mol. The summed E-state index contributed by atoms with van der Waals surface area (Å²) in [4.78, 5) is 16.0. The van der Waals surface area contributed by atoms with Crippen LogP contribution in [0.4, 0.5) is 4.39 Å². The molecule has 2 aromatic heterocycles. The highest BCUT2D eigenvalue weighted by atomic mass is 19.1. The first-order valence-electron chi connectivity index (χ1n) is 7.40. The fourth-order valence-electron chi connectivity index (χ4n) is 2.06. The summed E-state index contributed by atoms with van der Waals surface area (Å²) in [6.07, 6.45) is 6.61. The third kappa shape index (κ3) is 4.19. The van der Waals surface area contributed by atoms with E-state index in [4.69, 9.17) is 8.83 Å². The zero-order chi connectivity index (χ0) is 16.8. The molecule has 122 valence electrons. The summed E-state index contributed by atoms with van der Waals surface area (Å²) in [6.45, 7) is 0.427. The van der Waals surface area contributed by atoms with E-state index in [1.165, 1.54) is 24.5 Å². The standard InChI is InChI=1S/C18H15FN2O3/c19-14-5-3-13(4-6-14)18-21-15(12-24-18)9-10-20-17(22)8-7-16-2-1-11-23-16/h1-8,11-12H,9-10H2,(H,20,22). The number of carbonyl (C=O) groups excluding carboxylic acids is 1. The van der Waals surface area contributed by atoms with Crippen molar-refractivity contribution in [3.8, 4) is 11.5 Å². The highest BCUT2D eigenvalue weighted by Gasteiger charge is 2.07. The van der Waals surface area contributed by atoms with Gasteiger partial charge in [-0.15, -0.1) is 0 Å². The van der Waals surface area contributed by atoms with Crippen LogP contribution in [0.5, 0.6) is 0 Å². The highest BCUT2D eigenvalue weighted by molar-refractivity contribution is 5.91. The number of furan rings is 1. The largest absolute Gasteiger partial charge is 0.465 e. The van der Waals surface area contributed by atoms with Gasteiger partial charge in [0, 0.05) is 24.6 Å². The maximum atomic E-state index is 12.9. The fourth-order valence-corrected chi connectivity index (χ4v) is 2.06. The maximum Gasteiger partial charge on any atom is 0.244 e. The number of oxazole rings is 1. The normalized spacial score (nSPS) is 11.0. The van der Waals surface area contributed by atoms with E-state index in [0.717, 1.165) is 0 Å². The number of aromatic nitrogens is 1. The van der Waals surface area contributed by atoms with Crippen LogP contribution >= 0.6 is 0 Å². The molecule has 0 aliphatic heterocycles. The van der Waals surface area contributed by atoms with Crippen molar-refractivity contribution in [3.63, 3.8) is 0 Å². The second-order valence-corrected chi connectivity index (χ2v) is 5.04. The predicted molar refractivity (Wildman–Crippen MR) is 86.4 cm³/mol. The van der Waals surface area contributed by atoms with Crippen molar-refractivity contribution in [3.05, 3.63) is 72.3 Å². The van der Waals surface area contributed by atoms with Crippen molar-refractivity contribution in [2.24, 2.45) is 0 Å². The molecule has 0 aliphatic carbocycles. The van der Waals surface area contributed by atoms with Crippen LogP contribution in [0, 0.1) is 5.82 Å². The summed E-state index contributed by atoms with van der Waals surface area (Å²) in [5, 5.41) is 2.75. The minimum absolute atomic E-state index is 0.214. The Kier molecular flexibility index (Phi) is 4.86. The third-order valence-electron chi connectivity index (χ3n) is 3.27. The molecule has 1 N–H and O–H groups in total. The zero-order valence-corrected chi connectivity index (χ0v) is 12.7. The van der Waals surface area contributed by atoms with Gasteiger partial charge in [-0.2, -0.15) is 0 Å². The topological polar surface area (TPSA) is 68.3 Å². The molecule has 0 saturated carbocycles. The van der Waals surface area contributed by atoms with Gasteiger partial charge in [-0.1, -0.05) is 0 Å². The van der Waals surface area contributed by atoms with E-state index in [1.807, 2.05) is 0 Å². The molecule has 3 rings (SSSR count). The first kappa shape index (κ1) is 15.7. The van der Waals surface area contributed by atoms with Gasteiger partial charge in [0.05, 0.1) is 12.0 Å². The Morgan fingerprint density at radius 3 is 2.79 bits per heavy atom. The molecule has 0 aliphatic rings. The average Bonchev–Trinajstić information content (AvgIpc) is 3.25. The molecule has 0 bridgehead atoms. The molecule has 0 fully saturated rings. The SMILES string of the molecule is O=C(C=Cc1ccco1)NCCc1coc(-c2ccc(F)cc2)n1. The minimum atomic E-state index is -0.309. The summed E-state index contributed by atoms with van der Waals surface area (Å²) in [5.74, 6) is 0.518. The molecule has 0 atom stereocenters. The Bertz CT molecular complexity index is 820. The van der Waals surface area contributed by atoms with Crippen molar-refractivity contribution in [2.75, 3.05) is 6.54 Å². The third-order valence-corrected chi connectivity index (χ3v) is 3.27. The number of halogens is 1. The lowest BCUT2D eigenvalue weighted by Gasteiger charge is -1.99. The van der Waals surface area contributed by atoms with Crippen LogP contribution in [-0.4, -0.2) is 17.4 Å². The second-order valence-electron chi connectivity index (χ2n) is 5.04. The molecule has 1 amide bonds. The van der Waals surface area contributed by atoms with Gasteiger partial charge in [0.1, 0.15) is 17.8 Å². The number of carbonyl (C=O) groups is 1. The van der Waals surface area contributed by atoms with E-state index >= 15 is 0 Å². The number of nitrogens with zero attached hydrogens (tertiary/aromatic N) is 1. The molecule has 0 saturated heterocycles. The van der Waals surface area contributed by atoms with E-state index in [0.29, 0.717) is 35.9 Å². The van der Waals surface area contributed by atoms with Crippen LogP contribution in [0.15, 0.2) is 63.8 Å². The van der Waals surface area contributed by atoms with E-state index in [2.05, 4.69) is 10.3 Å². The molecule has 0 unspecified atom stereocenters. The summed E-state index contributed by atoms with van der Waals surface area (Å²) in [6, 6.07) is 9.42. The first-order valence-corrected chi connectivity index (χ1v) is 7.40. The molecule has 2 heterocycles. The van der Waals surface area contributed by atoms with E-state index < -0.39 is 0 Å². The van der Waals surface area contributed by atoms with E-state index in [1.54, 1.807) is 36.6 Å². The fraction of sp³-hybridized carbons (Fsp3) is 0.111. The van der Waals surface area contributed by atoms with Crippen LogP contribution in [0.2, 0.25) is 0 Å². The van der Waals surface area contributed by atoms with Gasteiger partial charge in [0.15, 0.2) is 0 Å². The van der Waals surface area contributed by atoms with Gasteiger partial charge in [-0.25, -0.2) is 9.37 Å². The highest BCUT2D eigenvalue weighted by Crippen LogP contribution is 2.18. The van der Waals surface area contributed by atoms with Crippen LogP contribution in [-0.2, 0) is 11.2 Å². The molecule has 0 spiro atoms. The Hall–Kier alpha value is -3.15. The maximum absolute atomic E-state index is 12.9. The van der Waals surface area contributed by atoms with Crippen LogP contribution < -0.4 is 5.32 Å². The Labute approximate surface area is 137 Å². The number of hydrogen-bond donors (Lipinski definition) is 1. The summed E-state index contributed by atoms with van der Waals surface area (Å²) in [7, 11) is 0. The van der Waals surface area contributed by atoms with Gasteiger partial charge >= 0.3 is 0 Å². The number of benzene rings is 1. The number of rotatable bonds is 6. The molecule has 6 heteroatoms. The van der Waals surface area contributed by atoms with E-state index in [9.17, 15) is 9.18 Å². The number of hydrogen-bond acceptors (Lipinski definition) is 4. The van der Waals surface area contributed by atoms with Crippen molar-refractivity contribution < 1.29 is 18.0 Å². The predicted octanol–water partition coefficient (Wildman–Crippen LogP) is 3.45. The molecule has 24 heavy (non-hydrogen) atoms. The lowest BCUT2D eigenvalue weighted by atomic mass is 10.2. The van der Waals surface area contributed by atoms with Crippen molar-refractivity contribution in [2.45, 2.75) is 6.42 Å². The zero-order valence-electron chi connectivity index (χ0n) is 12.7. The van der Waals surface area contributed by atoms with Crippen LogP contribution in [0.3, 0.4) is 0 Å². The minimum Gasteiger partial charge on any atom is -0.465 e. The quantitative estimate of drug-likeness (QED) is 0.705. The molecule has 3 aromatic rings. The Morgan fingerprint density at radius 1 is 1.21 bits per heavy atom. The Morgan fingerprint density at radius 2 is 2.04 bits per heavy atom. The van der Waals surface area contributed by atoms with Gasteiger partial charge in [-0.3, -0.25) is 4.79 Å². The van der Waals surface area contributed by atoms with Crippen molar-refractivity contribution in [1.29, 1.82) is 0 Å². The van der Waals surface area contributed by atoms with E-state index in [-0.39, 0.29) is 11.7 Å². The smallest absolute Gasteiger partial charge is 0.244 e. The van der Waals surface area contributed by atoms with Crippen molar-refractivity contribution in [1.82, 2.24) is 10.3 Å². The average molecular weight is 326 g/mol. The monoisotopic (exact) mass is 326 g/mol. The molecule has 1 aromatic carbocycles. The van der Waals surface area contributed by atoms with Gasteiger partial charge in [0.25, 0.3) is 0 Å². The summed E-state index contributed by atoms with van der Waals surface area (Å²) >= 11 is 0. The number of nitrogens with one attached hydrogen (secondary N) is 1. The molecule has 0 radical (unpaired) electrons. The first-order chi connectivity index (χ1) is 11.7. The van der Waals surface area contributed by atoms with Gasteiger partial charge < -0.3 is 14.2 Å². The van der Waals surface area contributed by atoms with Gasteiger partial charge in [0.2, 0.25) is 11.8 Å². The molecular formula is C18H15FN2O3. The van der Waals surface area contributed by atoms with Crippen LogP contribution in [0.25, 0.3) is 17.5 Å². The second kappa shape index (κ2) is 7.41. The van der Waals surface area contributed by atoms with Gasteiger partial charge in [-0.05, 0) is 42.5 Å². The number of amides is 1.